The average Bonchev–Trinajstić information content (AvgIpc) is 2.92. The Labute approximate surface area is 142 Å². The molecule has 1 saturated heterocycles. The minimum Gasteiger partial charge on any atom is -0.465 e. The fourth-order valence-corrected chi connectivity index (χ4v) is 3.20. The van der Waals surface area contributed by atoms with E-state index >= 15 is 0 Å². The van der Waals surface area contributed by atoms with Crippen LogP contribution in [0.5, 0.6) is 0 Å². The van der Waals surface area contributed by atoms with E-state index in [0.29, 0.717) is 12.3 Å². The Morgan fingerprint density at radius 2 is 2.17 bits per heavy atom. The molecule has 0 aliphatic carbocycles. The van der Waals surface area contributed by atoms with Crippen LogP contribution in [0.1, 0.15) is 23.7 Å². The molecule has 0 N–H and O–H groups in total. The number of methoxy groups -OCH3 is 1. The van der Waals surface area contributed by atoms with Crippen molar-refractivity contribution >= 4 is 40.1 Å². The number of non-ortho nitro benzene ring substituents is 1. The van der Waals surface area contributed by atoms with Crippen LogP contribution in [-0.2, 0) is 14.3 Å². The maximum atomic E-state index is 12.3. The van der Waals surface area contributed by atoms with Gasteiger partial charge in [0.1, 0.15) is 0 Å². The van der Waals surface area contributed by atoms with Gasteiger partial charge in [0.05, 0.1) is 23.3 Å². The van der Waals surface area contributed by atoms with Crippen molar-refractivity contribution in [3.63, 3.8) is 0 Å². The highest BCUT2D eigenvalue weighted by Gasteiger charge is 2.33. The molecule has 1 aliphatic heterocycles. The molecule has 2 rings (SSSR count). The molecule has 1 fully saturated rings. The zero-order chi connectivity index (χ0) is 17.9. The van der Waals surface area contributed by atoms with E-state index in [9.17, 15) is 24.5 Å². The third-order valence-corrected chi connectivity index (χ3v) is 4.66. The summed E-state index contributed by atoms with van der Waals surface area (Å²) in [7, 11) is 1.17. The highest BCUT2D eigenvalue weighted by atomic mass is 32.2. The van der Waals surface area contributed by atoms with Gasteiger partial charge in [-0.25, -0.2) is 4.79 Å². The molecule has 0 radical (unpaired) electrons. The SMILES string of the molecule is COC(=O)c1cc([N+](=O)[O-])ccc1N1CC(CSC(C)=O)CC1=O. The standard InChI is InChI=1S/C15H16N2O6S/c1-9(18)24-8-10-5-14(19)16(7-10)13-4-3-11(17(21)22)6-12(13)15(20)23-2/h3-4,6,10H,5,7-8H2,1-2H3. The number of carbonyl (C=O) groups excluding carboxylic acids is 3. The van der Waals surface area contributed by atoms with Crippen molar-refractivity contribution in [1.29, 1.82) is 0 Å². The molecular formula is C15H16N2O6S. The van der Waals surface area contributed by atoms with Crippen LogP contribution in [0.4, 0.5) is 11.4 Å². The number of nitrogens with zero attached hydrogens (tertiary/aromatic N) is 2. The monoisotopic (exact) mass is 352 g/mol. The third kappa shape index (κ3) is 3.91. The predicted molar refractivity (Wildman–Crippen MR) is 88.0 cm³/mol. The first-order valence-electron chi connectivity index (χ1n) is 7.14. The summed E-state index contributed by atoms with van der Waals surface area (Å²) in [5.74, 6) is -0.448. The second-order valence-corrected chi connectivity index (χ2v) is 6.52. The van der Waals surface area contributed by atoms with Crippen LogP contribution in [0.25, 0.3) is 0 Å². The van der Waals surface area contributed by atoms with Gasteiger partial charge in [0, 0.05) is 37.8 Å². The Kier molecular flexibility index (Phi) is 5.55. The molecule has 1 unspecified atom stereocenters. The van der Waals surface area contributed by atoms with Crippen molar-refractivity contribution in [2.45, 2.75) is 13.3 Å². The topological polar surface area (TPSA) is 107 Å². The summed E-state index contributed by atoms with van der Waals surface area (Å²) >= 11 is 1.15. The number of nitro benzene ring substituents is 1. The van der Waals surface area contributed by atoms with Crippen molar-refractivity contribution in [3.05, 3.63) is 33.9 Å². The number of hydrogen-bond donors (Lipinski definition) is 0. The van der Waals surface area contributed by atoms with Crippen molar-refractivity contribution in [1.82, 2.24) is 0 Å². The van der Waals surface area contributed by atoms with Gasteiger partial charge < -0.3 is 9.64 Å². The zero-order valence-electron chi connectivity index (χ0n) is 13.2. The number of amides is 1. The van der Waals surface area contributed by atoms with Crippen LogP contribution in [-0.4, -0.2) is 41.3 Å². The molecule has 9 heteroatoms. The summed E-state index contributed by atoms with van der Waals surface area (Å²) in [6.45, 7) is 1.81. The zero-order valence-corrected chi connectivity index (χ0v) is 14.0. The Hall–Kier alpha value is -2.42. The van der Waals surface area contributed by atoms with E-state index in [1.54, 1.807) is 0 Å². The van der Waals surface area contributed by atoms with E-state index in [2.05, 4.69) is 4.74 Å². The quantitative estimate of drug-likeness (QED) is 0.453. The number of esters is 1. The van der Waals surface area contributed by atoms with Crippen LogP contribution in [0.3, 0.4) is 0 Å². The molecule has 1 atom stereocenters. The van der Waals surface area contributed by atoms with E-state index in [1.807, 2.05) is 0 Å². The summed E-state index contributed by atoms with van der Waals surface area (Å²) in [5.41, 5.74) is 0.00202. The van der Waals surface area contributed by atoms with Gasteiger partial charge in [0.15, 0.2) is 5.12 Å². The van der Waals surface area contributed by atoms with Crippen LogP contribution in [0, 0.1) is 16.0 Å². The van der Waals surface area contributed by atoms with Gasteiger partial charge >= 0.3 is 5.97 Å². The van der Waals surface area contributed by atoms with Crippen LogP contribution < -0.4 is 4.90 Å². The van der Waals surface area contributed by atoms with Crippen LogP contribution >= 0.6 is 11.8 Å². The molecule has 1 aromatic carbocycles. The van der Waals surface area contributed by atoms with E-state index in [-0.39, 0.29) is 40.3 Å². The smallest absolute Gasteiger partial charge is 0.340 e. The van der Waals surface area contributed by atoms with Gasteiger partial charge in [-0.05, 0) is 12.0 Å². The molecule has 1 aliphatic rings. The van der Waals surface area contributed by atoms with E-state index in [1.165, 1.54) is 31.1 Å². The number of rotatable bonds is 5. The lowest BCUT2D eigenvalue weighted by atomic mass is 10.1. The van der Waals surface area contributed by atoms with Gasteiger partial charge in [-0.2, -0.15) is 0 Å². The number of nitro groups is 1. The van der Waals surface area contributed by atoms with Crippen LogP contribution in [0.2, 0.25) is 0 Å². The molecular weight excluding hydrogens is 336 g/mol. The normalized spacial score (nSPS) is 17.0. The molecule has 1 aromatic rings. The number of thioether (sulfide) groups is 1. The lowest BCUT2D eigenvalue weighted by molar-refractivity contribution is -0.384. The maximum Gasteiger partial charge on any atom is 0.340 e. The second-order valence-electron chi connectivity index (χ2n) is 5.33. The van der Waals surface area contributed by atoms with Gasteiger partial charge in [0.25, 0.3) is 5.69 Å². The molecule has 1 amide bonds. The maximum absolute atomic E-state index is 12.3. The molecule has 1 heterocycles. The highest BCUT2D eigenvalue weighted by molar-refractivity contribution is 8.13. The number of hydrogen-bond acceptors (Lipinski definition) is 7. The lowest BCUT2D eigenvalue weighted by Gasteiger charge is -2.19. The van der Waals surface area contributed by atoms with Gasteiger partial charge in [-0.3, -0.25) is 19.7 Å². The fraction of sp³-hybridized carbons (Fsp3) is 0.400. The van der Waals surface area contributed by atoms with Crippen molar-refractivity contribution in [2.24, 2.45) is 5.92 Å². The predicted octanol–water partition coefficient (Wildman–Crippen LogP) is 2.01. The first-order chi connectivity index (χ1) is 11.3. The summed E-state index contributed by atoms with van der Waals surface area (Å²) in [4.78, 5) is 47.0. The van der Waals surface area contributed by atoms with Gasteiger partial charge in [-0.15, -0.1) is 0 Å². The molecule has 8 nitrogen and oxygen atoms in total. The molecule has 128 valence electrons. The van der Waals surface area contributed by atoms with E-state index in [0.717, 1.165) is 17.8 Å². The fourth-order valence-electron chi connectivity index (χ4n) is 2.51. The summed E-state index contributed by atoms with van der Waals surface area (Å²) in [6.07, 6.45) is 0.262. The first-order valence-corrected chi connectivity index (χ1v) is 8.12. The van der Waals surface area contributed by atoms with Gasteiger partial charge in [-0.1, -0.05) is 11.8 Å². The molecule has 0 bridgehead atoms. The number of benzene rings is 1. The highest BCUT2D eigenvalue weighted by Crippen LogP contribution is 2.32. The largest absolute Gasteiger partial charge is 0.465 e. The molecule has 0 aromatic heterocycles. The van der Waals surface area contributed by atoms with E-state index < -0.39 is 10.9 Å². The molecule has 0 saturated carbocycles. The van der Waals surface area contributed by atoms with Crippen molar-refractivity contribution in [2.75, 3.05) is 24.3 Å². The Morgan fingerprint density at radius 3 is 2.75 bits per heavy atom. The minimum absolute atomic E-state index is 0.0212. The molecule has 24 heavy (non-hydrogen) atoms. The minimum atomic E-state index is -0.747. The Morgan fingerprint density at radius 1 is 1.46 bits per heavy atom. The average molecular weight is 352 g/mol. The Bertz CT molecular complexity index is 705. The number of anilines is 1. The van der Waals surface area contributed by atoms with Crippen molar-refractivity contribution < 1.29 is 24.0 Å². The number of ether oxygens (including phenoxy) is 1. The number of carbonyl (C=O) groups is 3. The summed E-state index contributed by atoms with van der Waals surface area (Å²) < 4.78 is 4.66. The van der Waals surface area contributed by atoms with E-state index in [4.69, 9.17) is 0 Å². The third-order valence-electron chi connectivity index (χ3n) is 3.61. The summed E-state index contributed by atoms with van der Waals surface area (Å²) in [5, 5.41) is 10.9. The van der Waals surface area contributed by atoms with Crippen molar-refractivity contribution in [3.8, 4) is 0 Å². The first kappa shape index (κ1) is 17.9. The van der Waals surface area contributed by atoms with Crippen LogP contribution in [0.15, 0.2) is 18.2 Å². The second kappa shape index (κ2) is 7.43. The summed E-state index contributed by atoms with van der Waals surface area (Å²) in [6, 6.07) is 3.72. The Balaban J connectivity index is 2.30. The molecule has 0 spiro atoms. The lowest BCUT2D eigenvalue weighted by Crippen LogP contribution is -2.27. The van der Waals surface area contributed by atoms with Gasteiger partial charge in [0.2, 0.25) is 5.91 Å².